The maximum atomic E-state index is 12.9. The van der Waals surface area contributed by atoms with Crippen molar-refractivity contribution in [3.63, 3.8) is 0 Å². The molecule has 0 amide bonds. The lowest BCUT2D eigenvalue weighted by atomic mass is 9.58. The molecule has 0 saturated heterocycles. The Morgan fingerprint density at radius 2 is 1.88 bits per heavy atom. The van der Waals surface area contributed by atoms with Gasteiger partial charge in [0.05, 0.1) is 18.1 Å². The molecule has 2 bridgehead atoms. The lowest BCUT2D eigenvalue weighted by Gasteiger charge is -2.49. The first-order chi connectivity index (χ1) is 11.3. The van der Waals surface area contributed by atoms with Crippen LogP contribution in [0.1, 0.15) is 52.0 Å². The molecule has 5 rings (SSSR count). The van der Waals surface area contributed by atoms with Crippen LogP contribution in [0.4, 0.5) is 5.69 Å². The number of carbonyl (C=O) groups excluding carboxylic acids is 1. The fourth-order valence-electron chi connectivity index (χ4n) is 4.44. The van der Waals surface area contributed by atoms with Crippen molar-refractivity contribution >= 4 is 17.2 Å². The molecule has 4 nitrogen and oxygen atoms in total. The summed E-state index contributed by atoms with van der Waals surface area (Å²) >= 11 is 0. The number of rotatable bonds is 2. The van der Waals surface area contributed by atoms with Crippen LogP contribution in [0.15, 0.2) is 24.3 Å². The smallest absolute Gasteiger partial charge is 0.316 e. The predicted molar refractivity (Wildman–Crippen MR) is 94.1 cm³/mol. The highest BCUT2D eigenvalue weighted by Crippen LogP contribution is 2.61. The van der Waals surface area contributed by atoms with E-state index in [9.17, 15) is 4.79 Å². The van der Waals surface area contributed by atoms with Crippen molar-refractivity contribution in [2.45, 2.75) is 57.6 Å². The van der Waals surface area contributed by atoms with Crippen molar-refractivity contribution in [2.24, 2.45) is 5.41 Å². The highest BCUT2D eigenvalue weighted by atomic mass is 16.6. The summed E-state index contributed by atoms with van der Waals surface area (Å²) in [7, 11) is 1.70. The van der Waals surface area contributed by atoms with E-state index >= 15 is 0 Å². The van der Waals surface area contributed by atoms with E-state index < -0.39 is 11.0 Å². The standard InChI is InChI=1S/C20H25NO3/c1-18(2,3)24-17(22)19-8-10-20(11-9-19)13(12-19)16-14(21-20)6-5-7-15(16)23-4/h5-7,12,21H,8-11H2,1-4H3. The van der Waals surface area contributed by atoms with Gasteiger partial charge in [-0.25, -0.2) is 0 Å². The summed E-state index contributed by atoms with van der Waals surface area (Å²) in [5.41, 5.74) is 2.46. The van der Waals surface area contributed by atoms with E-state index in [1.807, 2.05) is 32.9 Å². The van der Waals surface area contributed by atoms with Crippen molar-refractivity contribution in [1.29, 1.82) is 0 Å². The molecule has 1 N–H and O–H groups in total. The minimum atomic E-state index is -0.492. The van der Waals surface area contributed by atoms with Crippen LogP contribution in [0.2, 0.25) is 0 Å². The first-order valence-corrected chi connectivity index (χ1v) is 8.71. The molecule has 1 fully saturated rings. The van der Waals surface area contributed by atoms with Gasteiger partial charge in [0.2, 0.25) is 0 Å². The van der Waals surface area contributed by atoms with Crippen molar-refractivity contribution in [2.75, 3.05) is 12.4 Å². The van der Waals surface area contributed by atoms with E-state index in [4.69, 9.17) is 9.47 Å². The average molecular weight is 327 g/mol. The molecule has 24 heavy (non-hydrogen) atoms. The molecule has 1 aromatic carbocycles. The zero-order chi connectivity index (χ0) is 17.2. The molecule has 128 valence electrons. The zero-order valence-corrected chi connectivity index (χ0v) is 14.9. The van der Waals surface area contributed by atoms with Gasteiger partial charge in [0.15, 0.2) is 0 Å². The molecule has 4 aliphatic rings. The number of benzene rings is 1. The van der Waals surface area contributed by atoms with E-state index in [1.165, 1.54) is 5.57 Å². The fraction of sp³-hybridized carbons (Fsp3) is 0.550. The fourth-order valence-corrected chi connectivity index (χ4v) is 4.44. The van der Waals surface area contributed by atoms with Gasteiger partial charge in [0.1, 0.15) is 11.4 Å². The van der Waals surface area contributed by atoms with Crippen LogP contribution >= 0.6 is 0 Å². The van der Waals surface area contributed by atoms with Gasteiger partial charge in [-0.15, -0.1) is 0 Å². The Bertz CT molecular complexity index is 734. The summed E-state index contributed by atoms with van der Waals surface area (Å²) in [5, 5.41) is 3.72. The van der Waals surface area contributed by atoms with Crippen molar-refractivity contribution in [3.05, 3.63) is 29.8 Å². The van der Waals surface area contributed by atoms with Crippen LogP contribution in [0.5, 0.6) is 5.75 Å². The average Bonchev–Trinajstić information content (AvgIpc) is 2.87. The lowest BCUT2D eigenvalue weighted by molar-refractivity contribution is -0.167. The second-order valence-electron chi connectivity index (χ2n) is 8.31. The summed E-state index contributed by atoms with van der Waals surface area (Å²) < 4.78 is 11.3. The van der Waals surface area contributed by atoms with Gasteiger partial charge >= 0.3 is 5.97 Å². The third-order valence-electron chi connectivity index (χ3n) is 5.63. The van der Waals surface area contributed by atoms with Crippen LogP contribution in [-0.4, -0.2) is 24.2 Å². The molecule has 0 atom stereocenters. The van der Waals surface area contributed by atoms with Crippen LogP contribution < -0.4 is 10.1 Å². The molecule has 1 saturated carbocycles. The quantitative estimate of drug-likeness (QED) is 0.829. The summed E-state index contributed by atoms with van der Waals surface area (Å²) in [6.07, 6.45) is 5.77. The normalized spacial score (nSPS) is 30.1. The first kappa shape index (κ1) is 15.6. The third kappa shape index (κ3) is 2.08. The van der Waals surface area contributed by atoms with E-state index in [-0.39, 0.29) is 11.5 Å². The number of nitrogens with one attached hydrogen (secondary N) is 1. The first-order valence-electron chi connectivity index (χ1n) is 8.71. The SMILES string of the molecule is COc1cccc2c1C1=CC3(C(=O)OC(C)(C)C)CCC1(CC3)N2. The summed E-state index contributed by atoms with van der Waals surface area (Å²) in [4.78, 5) is 12.9. The number of hydrogen-bond donors (Lipinski definition) is 1. The number of carbonyl (C=O) groups is 1. The third-order valence-corrected chi connectivity index (χ3v) is 5.63. The van der Waals surface area contributed by atoms with Crippen molar-refractivity contribution < 1.29 is 14.3 Å². The van der Waals surface area contributed by atoms with Gasteiger partial charge < -0.3 is 14.8 Å². The number of esters is 1. The molecular formula is C20H25NO3. The van der Waals surface area contributed by atoms with E-state index in [0.717, 1.165) is 42.7 Å². The Labute approximate surface area is 143 Å². The lowest BCUT2D eigenvalue weighted by Crippen LogP contribution is -2.51. The maximum Gasteiger partial charge on any atom is 0.316 e. The Kier molecular flexibility index (Phi) is 3.09. The summed E-state index contributed by atoms with van der Waals surface area (Å²) in [5.74, 6) is 0.786. The summed E-state index contributed by atoms with van der Waals surface area (Å²) in [6.45, 7) is 5.79. The Hall–Kier alpha value is -1.97. The van der Waals surface area contributed by atoms with Gasteiger partial charge in [0, 0.05) is 11.3 Å². The van der Waals surface area contributed by atoms with Crippen LogP contribution in [0.25, 0.3) is 5.57 Å². The highest BCUT2D eigenvalue weighted by molar-refractivity contribution is 5.97. The van der Waals surface area contributed by atoms with Gasteiger partial charge in [0.25, 0.3) is 0 Å². The van der Waals surface area contributed by atoms with Gasteiger partial charge in [-0.1, -0.05) is 12.1 Å². The van der Waals surface area contributed by atoms with Gasteiger partial charge in [-0.3, -0.25) is 4.79 Å². The second kappa shape index (κ2) is 4.78. The second-order valence-corrected chi connectivity index (χ2v) is 8.31. The Morgan fingerprint density at radius 3 is 2.50 bits per heavy atom. The van der Waals surface area contributed by atoms with E-state index in [0.29, 0.717) is 0 Å². The van der Waals surface area contributed by atoms with Crippen LogP contribution in [0, 0.1) is 5.41 Å². The van der Waals surface area contributed by atoms with Crippen LogP contribution in [0.3, 0.4) is 0 Å². The molecule has 1 spiro atoms. The maximum absolute atomic E-state index is 12.9. The van der Waals surface area contributed by atoms with Gasteiger partial charge in [-0.05, 0) is 64.2 Å². The Balaban J connectivity index is 1.80. The number of anilines is 1. The monoisotopic (exact) mass is 327 g/mol. The summed E-state index contributed by atoms with van der Waals surface area (Å²) in [6, 6.07) is 6.09. The molecule has 0 unspecified atom stereocenters. The molecule has 3 aliphatic carbocycles. The molecule has 1 heterocycles. The largest absolute Gasteiger partial charge is 0.496 e. The van der Waals surface area contributed by atoms with Crippen molar-refractivity contribution in [3.8, 4) is 5.75 Å². The van der Waals surface area contributed by atoms with Crippen molar-refractivity contribution in [1.82, 2.24) is 0 Å². The van der Waals surface area contributed by atoms with Gasteiger partial charge in [-0.2, -0.15) is 0 Å². The molecule has 1 aliphatic heterocycles. The highest BCUT2D eigenvalue weighted by Gasteiger charge is 2.57. The molecule has 1 aromatic rings. The molecule has 4 heteroatoms. The number of methoxy groups -OCH3 is 1. The molecular weight excluding hydrogens is 302 g/mol. The molecule has 0 aromatic heterocycles. The number of hydrogen-bond acceptors (Lipinski definition) is 4. The van der Waals surface area contributed by atoms with E-state index in [2.05, 4.69) is 17.5 Å². The predicted octanol–water partition coefficient (Wildman–Crippen LogP) is 4.16. The number of fused-ring (bicyclic) bond motifs is 3. The minimum Gasteiger partial charge on any atom is -0.496 e. The van der Waals surface area contributed by atoms with Crippen LogP contribution in [-0.2, 0) is 9.53 Å². The minimum absolute atomic E-state index is 0.0409. The topological polar surface area (TPSA) is 47.6 Å². The molecule has 0 radical (unpaired) electrons. The van der Waals surface area contributed by atoms with E-state index in [1.54, 1.807) is 7.11 Å². The Morgan fingerprint density at radius 1 is 1.17 bits per heavy atom. The number of ether oxygens (including phenoxy) is 2. The zero-order valence-electron chi connectivity index (χ0n) is 14.9.